The van der Waals surface area contributed by atoms with Gasteiger partial charge in [-0.05, 0) is 57.0 Å². The Morgan fingerprint density at radius 1 is 1.19 bits per heavy atom. The molecule has 0 spiro atoms. The Balaban J connectivity index is 2.05. The number of benzene rings is 1. The van der Waals surface area contributed by atoms with E-state index in [1.165, 1.54) is 14.2 Å². The van der Waals surface area contributed by atoms with Crippen LogP contribution < -0.4 is 5.32 Å². The van der Waals surface area contributed by atoms with Gasteiger partial charge in [0, 0.05) is 30.9 Å². The highest BCUT2D eigenvalue weighted by Gasteiger charge is 2.03. The first kappa shape index (κ1) is 12.1. The lowest BCUT2D eigenvalue weighted by Gasteiger charge is -2.06. The largest absolute Gasteiger partial charge is 0.379 e. The number of hydrogen-bond acceptors (Lipinski definition) is 2. The Morgan fingerprint density at radius 2 is 1.94 bits per heavy atom. The summed E-state index contributed by atoms with van der Waals surface area (Å²) in [5.41, 5.74) is 1.13. The summed E-state index contributed by atoms with van der Waals surface area (Å²) in [5.74, 6) is 0. The molecule has 0 amide bonds. The van der Waals surface area contributed by atoms with Crippen molar-refractivity contribution in [2.24, 2.45) is 0 Å². The topological polar surface area (TPSA) is 12.0 Å². The van der Waals surface area contributed by atoms with Crippen molar-refractivity contribution in [3.05, 3.63) is 49.0 Å². The summed E-state index contributed by atoms with van der Waals surface area (Å²) in [7, 11) is 0. The Bertz CT molecular complexity index is 474. The van der Waals surface area contributed by atoms with Gasteiger partial charge in [-0.25, -0.2) is 0 Å². The van der Waals surface area contributed by atoms with E-state index in [0.29, 0.717) is 0 Å². The molecular weight excluding hydrogens is 350 g/mol. The van der Waals surface area contributed by atoms with Crippen LogP contribution in [-0.2, 0) is 6.54 Å². The summed E-state index contributed by atoms with van der Waals surface area (Å²) in [6.45, 7) is 2.98. The van der Waals surface area contributed by atoms with Crippen molar-refractivity contribution in [1.29, 1.82) is 0 Å². The van der Waals surface area contributed by atoms with Gasteiger partial charge >= 0.3 is 0 Å². The lowest BCUT2D eigenvalue weighted by atomic mass is 10.3. The van der Waals surface area contributed by atoms with Gasteiger partial charge in [-0.2, -0.15) is 0 Å². The average molecular weight is 361 g/mol. The Hall–Kier alpha value is -0.320. The van der Waals surface area contributed by atoms with E-state index in [1.54, 1.807) is 0 Å². The van der Waals surface area contributed by atoms with Crippen molar-refractivity contribution in [2.75, 3.05) is 5.32 Å². The quantitative estimate of drug-likeness (QED) is 0.793. The number of aryl methyl sites for hydroxylation is 1. The molecule has 4 heteroatoms. The molecule has 84 valence electrons. The maximum atomic E-state index is 3.53. The number of rotatable bonds is 3. The number of halogens is 2. The molecule has 2 rings (SSSR count). The van der Waals surface area contributed by atoms with Crippen LogP contribution in [0.25, 0.3) is 0 Å². The van der Waals surface area contributed by atoms with E-state index in [0.717, 1.165) is 16.7 Å². The van der Waals surface area contributed by atoms with Crippen molar-refractivity contribution in [3.8, 4) is 0 Å². The molecule has 1 aromatic heterocycles. The lowest BCUT2D eigenvalue weighted by molar-refractivity contribution is 1.19. The summed E-state index contributed by atoms with van der Waals surface area (Å²) in [4.78, 5) is 2.66. The van der Waals surface area contributed by atoms with Gasteiger partial charge in [-0.15, -0.1) is 11.3 Å². The van der Waals surface area contributed by atoms with Gasteiger partial charge in [-0.1, -0.05) is 12.1 Å². The standard InChI is InChI=1S/C12H11Br2NS/c1-8-11(14)6-9(16-8)7-15-12-5-3-2-4-10(12)13/h2-6,15H,7H2,1H3. The predicted octanol–water partition coefficient (Wildman–Crippen LogP) is 5.19. The van der Waals surface area contributed by atoms with Crippen molar-refractivity contribution in [3.63, 3.8) is 0 Å². The van der Waals surface area contributed by atoms with E-state index >= 15 is 0 Å². The van der Waals surface area contributed by atoms with E-state index in [1.807, 2.05) is 29.5 Å². The molecule has 1 aromatic carbocycles. The number of para-hydroxylation sites is 1. The second-order valence-electron chi connectivity index (χ2n) is 3.45. The van der Waals surface area contributed by atoms with E-state index in [9.17, 15) is 0 Å². The van der Waals surface area contributed by atoms with Gasteiger partial charge in [-0.3, -0.25) is 0 Å². The van der Waals surface area contributed by atoms with Crippen LogP contribution in [0.15, 0.2) is 39.3 Å². The number of hydrogen-bond donors (Lipinski definition) is 1. The van der Waals surface area contributed by atoms with Crippen molar-refractivity contribution < 1.29 is 0 Å². The molecule has 0 saturated heterocycles. The summed E-state index contributed by atoms with van der Waals surface area (Å²) < 4.78 is 2.30. The van der Waals surface area contributed by atoms with Gasteiger partial charge in [0.1, 0.15) is 0 Å². The lowest BCUT2D eigenvalue weighted by Crippen LogP contribution is -1.97. The molecule has 0 radical (unpaired) electrons. The Kier molecular flexibility index (Phi) is 4.05. The third-order valence-corrected chi connectivity index (χ3v) is 5.06. The molecule has 0 aliphatic heterocycles. The molecule has 0 unspecified atom stereocenters. The predicted molar refractivity (Wildman–Crippen MR) is 78.2 cm³/mol. The monoisotopic (exact) mass is 359 g/mol. The van der Waals surface area contributed by atoms with Crippen LogP contribution in [-0.4, -0.2) is 0 Å². The van der Waals surface area contributed by atoms with Gasteiger partial charge < -0.3 is 5.32 Å². The first-order valence-corrected chi connectivity index (χ1v) is 7.30. The highest BCUT2D eigenvalue weighted by Crippen LogP contribution is 2.28. The minimum absolute atomic E-state index is 0.861. The summed E-state index contributed by atoms with van der Waals surface area (Å²) in [6.07, 6.45) is 0. The first-order valence-electron chi connectivity index (χ1n) is 4.90. The zero-order valence-electron chi connectivity index (χ0n) is 8.76. The van der Waals surface area contributed by atoms with Crippen molar-refractivity contribution >= 4 is 48.9 Å². The molecule has 0 aliphatic carbocycles. The van der Waals surface area contributed by atoms with Crippen LogP contribution >= 0.6 is 43.2 Å². The Morgan fingerprint density at radius 3 is 2.56 bits per heavy atom. The zero-order chi connectivity index (χ0) is 11.5. The molecule has 0 aliphatic rings. The molecule has 0 fully saturated rings. The highest BCUT2D eigenvalue weighted by molar-refractivity contribution is 9.11. The summed E-state index contributed by atoms with van der Waals surface area (Å²) >= 11 is 8.87. The second kappa shape index (κ2) is 5.34. The van der Waals surface area contributed by atoms with Crippen LogP contribution in [0.3, 0.4) is 0 Å². The molecule has 16 heavy (non-hydrogen) atoms. The molecule has 1 nitrogen and oxygen atoms in total. The molecule has 0 atom stereocenters. The van der Waals surface area contributed by atoms with Crippen LogP contribution in [0.5, 0.6) is 0 Å². The van der Waals surface area contributed by atoms with E-state index in [2.05, 4.69) is 56.2 Å². The molecule has 1 heterocycles. The van der Waals surface area contributed by atoms with Gasteiger partial charge in [0.25, 0.3) is 0 Å². The zero-order valence-corrected chi connectivity index (χ0v) is 12.7. The van der Waals surface area contributed by atoms with Crippen LogP contribution in [0, 0.1) is 6.92 Å². The molecule has 1 N–H and O–H groups in total. The van der Waals surface area contributed by atoms with Gasteiger partial charge in [0.2, 0.25) is 0 Å². The molecule has 0 saturated carbocycles. The summed E-state index contributed by atoms with van der Waals surface area (Å²) in [5, 5.41) is 3.41. The third kappa shape index (κ3) is 2.87. The fourth-order valence-corrected chi connectivity index (χ4v) is 3.36. The molecule has 2 aromatic rings. The van der Waals surface area contributed by atoms with Gasteiger partial charge in [0.15, 0.2) is 0 Å². The van der Waals surface area contributed by atoms with Crippen LogP contribution in [0.1, 0.15) is 9.75 Å². The average Bonchev–Trinajstić information content (AvgIpc) is 2.57. The maximum Gasteiger partial charge on any atom is 0.0495 e. The normalized spacial score (nSPS) is 10.4. The minimum atomic E-state index is 0.861. The van der Waals surface area contributed by atoms with Gasteiger partial charge in [0.05, 0.1) is 0 Å². The van der Waals surface area contributed by atoms with E-state index in [4.69, 9.17) is 0 Å². The minimum Gasteiger partial charge on any atom is -0.379 e. The maximum absolute atomic E-state index is 3.53. The number of thiophene rings is 1. The fraction of sp³-hybridized carbons (Fsp3) is 0.167. The van der Waals surface area contributed by atoms with E-state index < -0.39 is 0 Å². The smallest absolute Gasteiger partial charge is 0.0495 e. The highest BCUT2D eigenvalue weighted by atomic mass is 79.9. The van der Waals surface area contributed by atoms with Crippen molar-refractivity contribution in [1.82, 2.24) is 0 Å². The van der Waals surface area contributed by atoms with E-state index in [-0.39, 0.29) is 0 Å². The van der Waals surface area contributed by atoms with Crippen molar-refractivity contribution in [2.45, 2.75) is 13.5 Å². The van der Waals surface area contributed by atoms with Crippen LogP contribution in [0.2, 0.25) is 0 Å². The molecular formula is C12H11Br2NS. The second-order valence-corrected chi connectivity index (χ2v) is 6.50. The molecule has 0 bridgehead atoms. The SMILES string of the molecule is Cc1sc(CNc2ccccc2Br)cc1Br. The Labute approximate surface area is 116 Å². The third-order valence-electron chi connectivity index (χ3n) is 2.24. The summed E-state index contributed by atoms with van der Waals surface area (Å²) in [6, 6.07) is 10.3. The number of nitrogens with one attached hydrogen (secondary N) is 1. The van der Waals surface area contributed by atoms with Crippen LogP contribution in [0.4, 0.5) is 5.69 Å². The fourth-order valence-electron chi connectivity index (χ4n) is 1.39. The number of anilines is 1. The first-order chi connectivity index (χ1) is 7.66.